The molecule has 3 heteroatoms. The molecule has 0 saturated heterocycles. The van der Waals surface area contributed by atoms with Crippen LogP contribution >= 0.6 is 0 Å². The molecule has 0 spiro atoms. The molecule has 324 valence electrons. The molecule has 11 aromatic carbocycles. The first kappa shape index (κ1) is 40.1. The van der Waals surface area contributed by atoms with Crippen LogP contribution in [0.1, 0.15) is 0 Å². The van der Waals surface area contributed by atoms with Crippen LogP contribution in [0, 0.1) is 0 Å². The molecule has 0 unspecified atom stereocenters. The third kappa shape index (κ3) is 7.25. The number of nitrogens with zero attached hydrogens (tertiary/aromatic N) is 2. The Kier molecular flexibility index (Phi) is 9.84. The lowest BCUT2D eigenvalue weighted by molar-refractivity contribution is 0.669. The van der Waals surface area contributed by atoms with E-state index in [0.29, 0.717) is 0 Å². The number of aromatic nitrogens is 1. The van der Waals surface area contributed by atoms with E-state index in [9.17, 15) is 0 Å². The van der Waals surface area contributed by atoms with E-state index in [0.717, 1.165) is 72.5 Å². The molecule has 0 bridgehead atoms. The summed E-state index contributed by atoms with van der Waals surface area (Å²) < 4.78 is 8.67. The van der Waals surface area contributed by atoms with Crippen LogP contribution in [-0.4, -0.2) is 4.57 Å². The van der Waals surface area contributed by atoms with E-state index in [2.05, 4.69) is 264 Å². The first-order chi connectivity index (χ1) is 34.2. The molecule has 0 N–H and O–H groups in total. The predicted octanol–water partition coefficient (Wildman–Crippen LogP) is 18.5. The fourth-order valence-corrected chi connectivity index (χ4v) is 10.3. The van der Waals surface area contributed by atoms with Crippen molar-refractivity contribution in [1.82, 2.24) is 4.57 Å². The minimum atomic E-state index is 0.894. The number of para-hydroxylation sites is 3. The highest BCUT2D eigenvalue weighted by Crippen LogP contribution is 2.41. The standard InChI is InChI=1S/C66H44N2O/c1-2-15-47(16-3-1)57-23-4-5-24-58(57)52-20-14-21-55(43-52)67(54-38-33-46(34-39-54)51-35-40-62-61-27-8-11-30-65(61)69-66(62)44-51)53-36-31-45(32-37-53)48-17-12-18-49(41-48)50-19-13-22-56(42-50)68-63-28-9-6-25-59(63)60-26-7-10-29-64(60)68/h1-44H. The minimum Gasteiger partial charge on any atom is -0.456 e. The third-order valence-corrected chi connectivity index (χ3v) is 13.6. The average Bonchev–Trinajstić information content (AvgIpc) is 3.97. The van der Waals surface area contributed by atoms with E-state index in [-0.39, 0.29) is 0 Å². The zero-order valence-corrected chi connectivity index (χ0v) is 37.7. The van der Waals surface area contributed by atoms with Gasteiger partial charge in [0.2, 0.25) is 0 Å². The van der Waals surface area contributed by atoms with Crippen LogP contribution in [0.2, 0.25) is 0 Å². The molecule has 3 nitrogen and oxygen atoms in total. The van der Waals surface area contributed by atoms with E-state index >= 15 is 0 Å². The van der Waals surface area contributed by atoms with Crippen molar-refractivity contribution in [3.63, 3.8) is 0 Å². The smallest absolute Gasteiger partial charge is 0.136 e. The molecule has 13 rings (SSSR count). The third-order valence-electron chi connectivity index (χ3n) is 13.6. The van der Waals surface area contributed by atoms with E-state index < -0.39 is 0 Å². The summed E-state index contributed by atoms with van der Waals surface area (Å²) in [6.45, 7) is 0. The van der Waals surface area contributed by atoms with Crippen LogP contribution in [0.3, 0.4) is 0 Å². The Morgan fingerprint density at radius 2 is 0.739 bits per heavy atom. The molecule has 13 aromatic rings. The second-order valence-electron chi connectivity index (χ2n) is 17.7. The van der Waals surface area contributed by atoms with Gasteiger partial charge in [0, 0.05) is 44.3 Å². The van der Waals surface area contributed by atoms with Crippen LogP contribution in [0.4, 0.5) is 17.1 Å². The summed E-state index contributed by atoms with van der Waals surface area (Å²) in [5.74, 6) is 0. The van der Waals surface area contributed by atoms with Crippen LogP contribution < -0.4 is 4.90 Å². The number of anilines is 3. The van der Waals surface area contributed by atoms with Gasteiger partial charge in [0.15, 0.2) is 0 Å². The van der Waals surface area contributed by atoms with E-state index in [1.807, 2.05) is 12.1 Å². The zero-order valence-electron chi connectivity index (χ0n) is 37.7. The molecular formula is C66H44N2O. The summed E-state index contributed by atoms with van der Waals surface area (Å²) in [7, 11) is 0. The van der Waals surface area contributed by atoms with Gasteiger partial charge >= 0.3 is 0 Å². The van der Waals surface area contributed by atoms with Gasteiger partial charge in [-0.05, 0) is 141 Å². The predicted molar refractivity (Wildman–Crippen MR) is 290 cm³/mol. The van der Waals surface area contributed by atoms with Crippen molar-refractivity contribution >= 4 is 60.8 Å². The molecule has 0 atom stereocenters. The highest BCUT2D eigenvalue weighted by atomic mass is 16.3. The van der Waals surface area contributed by atoms with Gasteiger partial charge in [0.25, 0.3) is 0 Å². The molecule has 0 aliphatic carbocycles. The Hall–Kier alpha value is -9.18. The van der Waals surface area contributed by atoms with E-state index in [4.69, 9.17) is 4.42 Å². The summed E-state index contributed by atoms with van der Waals surface area (Å²) in [5, 5.41) is 4.79. The number of fused-ring (bicyclic) bond motifs is 6. The second-order valence-corrected chi connectivity index (χ2v) is 17.7. The molecule has 0 aliphatic rings. The highest BCUT2D eigenvalue weighted by Gasteiger charge is 2.17. The molecule has 0 saturated carbocycles. The summed E-state index contributed by atoms with van der Waals surface area (Å²) in [6.07, 6.45) is 0. The van der Waals surface area contributed by atoms with Gasteiger partial charge in [-0.25, -0.2) is 0 Å². The monoisotopic (exact) mass is 880 g/mol. The van der Waals surface area contributed by atoms with E-state index in [1.54, 1.807) is 0 Å². The number of hydrogen-bond donors (Lipinski definition) is 0. The first-order valence-corrected chi connectivity index (χ1v) is 23.6. The van der Waals surface area contributed by atoms with Crippen LogP contribution in [0.5, 0.6) is 0 Å². The van der Waals surface area contributed by atoms with Crippen LogP contribution in [0.15, 0.2) is 271 Å². The second kappa shape index (κ2) is 16.9. The Bertz CT molecular complexity index is 3960. The van der Waals surface area contributed by atoms with Gasteiger partial charge in [0.1, 0.15) is 11.2 Å². The maximum absolute atomic E-state index is 6.28. The minimum absolute atomic E-state index is 0.894. The van der Waals surface area contributed by atoms with Gasteiger partial charge in [-0.1, -0.05) is 182 Å². The molecule has 2 heterocycles. The van der Waals surface area contributed by atoms with Gasteiger partial charge in [-0.2, -0.15) is 0 Å². The van der Waals surface area contributed by atoms with Crippen LogP contribution in [-0.2, 0) is 0 Å². The molecule has 2 aromatic heterocycles. The number of furan rings is 1. The summed E-state index contributed by atoms with van der Waals surface area (Å²) in [5.41, 5.74) is 20.2. The molecule has 0 fully saturated rings. The van der Waals surface area contributed by atoms with Crippen molar-refractivity contribution in [2.45, 2.75) is 0 Å². The molecule has 69 heavy (non-hydrogen) atoms. The highest BCUT2D eigenvalue weighted by molar-refractivity contribution is 6.09. The van der Waals surface area contributed by atoms with Gasteiger partial charge in [-0.3, -0.25) is 0 Å². The number of rotatable bonds is 9. The first-order valence-electron chi connectivity index (χ1n) is 23.6. The normalized spacial score (nSPS) is 11.5. The summed E-state index contributed by atoms with van der Waals surface area (Å²) >= 11 is 0. The lowest BCUT2D eigenvalue weighted by Crippen LogP contribution is -2.10. The van der Waals surface area contributed by atoms with E-state index in [1.165, 1.54) is 49.6 Å². The van der Waals surface area contributed by atoms with Gasteiger partial charge in [-0.15, -0.1) is 0 Å². The SMILES string of the molecule is c1ccc(-c2ccccc2-c2cccc(N(c3ccc(-c4cccc(-c5cccc(-n6c7ccccc7c7ccccc76)c5)c4)cc3)c3ccc(-c4ccc5c(c4)oc4ccccc45)cc3)c2)cc1. The molecule has 0 radical (unpaired) electrons. The summed E-state index contributed by atoms with van der Waals surface area (Å²) in [4.78, 5) is 2.36. The topological polar surface area (TPSA) is 21.3 Å². The van der Waals surface area contributed by atoms with Gasteiger partial charge < -0.3 is 13.9 Å². The lowest BCUT2D eigenvalue weighted by atomic mass is 9.94. The molecular weight excluding hydrogens is 837 g/mol. The Morgan fingerprint density at radius 1 is 0.261 bits per heavy atom. The Morgan fingerprint density at radius 3 is 1.43 bits per heavy atom. The largest absolute Gasteiger partial charge is 0.456 e. The quantitative estimate of drug-likeness (QED) is 0.144. The van der Waals surface area contributed by atoms with Crippen molar-refractivity contribution in [2.24, 2.45) is 0 Å². The number of benzene rings is 11. The van der Waals surface area contributed by atoms with Gasteiger partial charge in [0.05, 0.1) is 11.0 Å². The maximum Gasteiger partial charge on any atom is 0.136 e. The van der Waals surface area contributed by atoms with Crippen molar-refractivity contribution < 1.29 is 4.42 Å². The van der Waals surface area contributed by atoms with Crippen molar-refractivity contribution in [1.29, 1.82) is 0 Å². The zero-order chi connectivity index (χ0) is 45.7. The summed E-state index contributed by atoms with van der Waals surface area (Å²) in [6, 6.07) is 96.1. The van der Waals surface area contributed by atoms with Crippen LogP contribution in [0.25, 0.3) is 105 Å². The van der Waals surface area contributed by atoms with Crippen molar-refractivity contribution in [3.05, 3.63) is 267 Å². The Balaban J connectivity index is 0.864. The average molecular weight is 881 g/mol. The fraction of sp³-hybridized carbons (Fsp3) is 0. The lowest BCUT2D eigenvalue weighted by Gasteiger charge is -2.26. The fourth-order valence-electron chi connectivity index (χ4n) is 10.3. The Labute approximate surface area is 401 Å². The number of hydrogen-bond acceptors (Lipinski definition) is 2. The van der Waals surface area contributed by atoms with Crippen molar-refractivity contribution in [3.8, 4) is 61.3 Å². The van der Waals surface area contributed by atoms with Crippen molar-refractivity contribution in [2.75, 3.05) is 4.90 Å². The maximum atomic E-state index is 6.28. The molecule has 0 amide bonds. The molecule has 0 aliphatic heterocycles.